The first kappa shape index (κ1) is 72.9. The Morgan fingerprint density at radius 3 is 1.32 bits per heavy atom. The predicted molar refractivity (Wildman–Crippen MR) is 356 cm³/mol. The minimum atomic E-state index is 0.221. The molecular weight excluding hydrogens is 1190 g/mol. The van der Waals surface area contributed by atoms with Crippen molar-refractivity contribution in [3.8, 4) is 0 Å². The molecule has 0 aliphatic heterocycles. The Hall–Kier alpha value is -4.07. The molecular formula is C57H81N11S11. The van der Waals surface area contributed by atoms with Crippen LogP contribution >= 0.6 is 125 Å². The Kier molecular flexibility index (Phi) is 40.3. The fourth-order valence-electron chi connectivity index (χ4n) is 4.58. The molecule has 0 aromatic carbocycles. The number of aromatic nitrogens is 11. The third-order valence-corrected chi connectivity index (χ3v) is 18.6. The zero-order valence-electron chi connectivity index (χ0n) is 49.3. The highest BCUT2D eigenvalue weighted by molar-refractivity contribution is 7.12. The maximum Gasteiger partial charge on any atom is 0.0981 e. The third-order valence-electron chi connectivity index (χ3n) is 9.11. The number of aryl methyl sites for hydroxylation is 10. The Morgan fingerprint density at radius 2 is 1.11 bits per heavy atom. The lowest BCUT2D eigenvalue weighted by Crippen LogP contribution is -2.09. The van der Waals surface area contributed by atoms with Crippen LogP contribution < -0.4 is 0 Å². The Balaban J connectivity index is 0.000000436. The highest BCUT2D eigenvalue weighted by atomic mass is 32.1. The third kappa shape index (κ3) is 38.3. The van der Waals surface area contributed by atoms with E-state index in [-0.39, 0.29) is 5.41 Å². The molecule has 0 aliphatic carbocycles. The van der Waals surface area contributed by atoms with E-state index in [1.807, 2.05) is 117 Å². The maximum absolute atomic E-state index is 4.31. The summed E-state index contributed by atoms with van der Waals surface area (Å²) in [6.45, 7) is 40.1. The van der Waals surface area contributed by atoms with E-state index in [2.05, 4.69) is 161 Å². The zero-order valence-corrected chi connectivity index (χ0v) is 58.3. The van der Waals surface area contributed by atoms with Crippen LogP contribution in [0.4, 0.5) is 0 Å². The second-order valence-electron chi connectivity index (χ2n) is 18.6. The van der Waals surface area contributed by atoms with Crippen LogP contribution in [0, 0.1) is 62.3 Å². The number of nitrogens with zero attached hydrogens (tertiary/aromatic N) is 11. The van der Waals surface area contributed by atoms with Gasteiger partial charge in [-0.25, -0.2) is 23.7 Å². The van der Waals surface area contributed by atoms with Crippen LogP contribution in [-0.4, -0.2) is 53.0 Å². The summed E-state index contributed by atoms with van der Waals surface area (Å²) in [5.41, 5.74) is 12.6. The standard InChI is InChI=1S/C8H13NS.C7H11NS.2C6H9NS.3C5H7NS.3C4H5NS.C3H3NS/c1-6-5-9-7(10-6)8(2,3)4;1-5(2)7-8-4-6(3)9-7;1-5(2)6-3-7-4-8-6;1-5(2)6-3-7-8-4-6;1-4-3-6-5(2)7-4;1-4-3-7-6-5(4)2;1-2-5-3-6-4-7-5;1-4-2-5-3-6-4;1-4-2-5-6-3-4;1-4-5-2-3-6-4;1-2-5-3-4-1/h5H,1-4H3;4-5H,1-3H3;2*3-5H,1-2H3;2*3H,1-2H3;3-4H,2H2,1H3;3*2-3H,1H3;1-3H. The minimum absolute atomic E-state index is 0.221. The molecule has 11 heterocycles. The summed E-state index contributed by atoms with van der Waals surface area (Å²) in [4.78, 5) is 39.9. The molecule has 0 bridgehead atoms. The monoisotopic (exact) mass is 1270 g/mol. The Labute approximate surface area is 517 Å². The molecule has 11 nitrogen and oxygen atoms in total. The molecule has 0 saturated carbocycles. The zero-order chi connectivity index (χ0) is 59.0. The van der Waals surface area contributed by atoms with Crippen LogP contribution in [-0.2, 0) is 11.8 Å². The van der Waals surface area contributed by atoms with Crippen molar-refractivity contribution in [2.45, 2.75) is 161 Å². The fraction of sp³-hybridized carbons (Fsp3) is 0.421. The molecule has 0 saturated heterocycles. The van der Waals surface area contributed by atoms with E-state index >= 15 is 0 Å². The van der Waals surface area contributed by atoms with Gasteiger partial charge in [-0.3, -0.25) is 24.9 Å². The van der Waals surface area contributed by atoms with Crippen molar-refractivity contribution in [2.75, 3.05) is 0 Å². The van der Waals surface area contributed by atoms with Crippen molar-refractivity contribution in [2.24, 2.45) is 0 Å². The minimum Gasteiger partial charge on any atom is -0.253 e. The first-order chi connectivity index (χ1) is 37.5. The summed E-state index contributed by atoms with van der Waals surface area (Å²) in [5.74, 6) is 1.86. The van der Waals surface area contributed by atoms with Crippen LogP contribution in [0.15, 0.2) is 111 Å². The summed E-state index contributed by atoms with van der Waals surface area (Å²) >= 11 is 18.2. The van der Waals surface area contributed by atoms with Crippen molar-refractivity contribution in [3.63, 3.8) is 0 Å². The topological polar surface area (TPSA) is 142 Å². The van der Waals surface area contributed by atoms with Gasteiger partial charge in [-0.1, -0.05) is 69.2 Å². The van der Waals surface area contributed by atoms with Gasteiger partial charge in [-0.2, -0.15) is 4.37 Å². The second-order valence-corrected chi connectivity index (χ2v) is 29.3. The van der Waals surface area contributed by atoms with Gasteiger partial charge in [-0.05, 0) is 132 Å². The van der Waals surface area contributed by atoms with Crippen LogP contribution in [0.5, 0.6) is 0 Å². The lowest BCUT2D eigenvalue weighted by atomic mass is 9.98. The summed E-state index contributed by atoms with van der Waals surface area (Å²) in [7, 11) is 0. The van der Waals surface area contributed by atoms with Gasteiger partial charge in [0.25, 0.3) is 0 Å². The van der Waals surface area contributed by atoms with Gasteiger partial charge < -0.3 is 0 Å². The molecule has 11 aromatic rings. The predicted octanol–water partition coefficient (Wildman–Crippen LogP) is 20.6. The quantitative estimate of drug-likeness (QED) is 0.166. The van der Waals surface area contributed by atoms with Gasteiger partial charge >= 0.3 is 0 Å². The molecule has 0 aliphatic rings. The molecule has 0 fully saturated rings. The van der Waals surface area contributed by atoms with E-state index in [4.69, 9.17) is 0 Å². The van der Waals surface area contributed by atoms with E-state index in [0.29, 0.717) is 17.8 Å². The van der Waals surface area contributed by atoms with E-state index in [0.717, 1.165) is 22.1 Å². The number of rotatable bonds is 4. The van der Waals surface area contributed by atoms with Gasteiger partial charge in [-0.15, -0.1) is 90.7 Å². The normalized spacial score (nSPS) is 9.85. The van der Waals surface area contributed by atoms with Gasteiger partial charge in [0.2, 0.25) is 0 Å². The van der Waals surface area contributed by atoms with E-state index in [9.17, 15) is 0 Å². The van der Waals surface area contributed by atoms with Crippen LogP contribution in [0.3, 0.4) is 0 Å². The molecule has 430 valence electrons. The molecule has 11 aromatic heterocycles. The largest absolute Gasteiger partial charge is 0.253 e. The van der Waals surface area contributed by atoms with Crippen molar-refractivity contribution in [3.05, 3.63) is 183 Å². The molecule has 0 atom stereocenters. The van der Waals surface area contributed by atoms with Gasteiger partial charge in [0.1, 0.15) is 0 Å². The summed E-state index contributed by atoms with van der Waals surface area (Å²) in [6, 6.07) is 0. The summed E-state index contributed by atoms with van der Waals surface area (Å²) in [5, 5.41) is 14.8. The Bertz CT molecular complexity index is 2780. The summed E-state index contributed by atoms with van der Waals surface area (Å²) < 4.78 is 11.9. The molecule has 79 heavy (non-hydrogen) atoms. The van der Waals surface area contributed by atoms with E-state index in [1.165, 1.54) is 90.6 Å². The van der Waals surface area contributed by atoms with Gasteiger partial charge in [0.15, 0.2) is 0 Å². The number of thiazole rings is 8. The second kappa shape index (κ2) is 43.6. The SMILES string of the molecule is CC(C)c1cncs1.CC(C)c1cnsc1.CCc1cncs1.Cc1cnc(C(C)(C)C)s1.Cc1cnc(C(C)C)s1.Cc1cnc(C)s1.Cc1cncs1.Cc1cnsc1.Cc1csnc1C.Cc1nccs1.c1cscn1. The van der Waals surface area contributed by atoms with Crippen molar-refractivity contribution in [1.82, 2.24) is 53.0 Å². The average Bonchev–Trinajstić information content (AvgIpc) is 4.24. The molecule has 11 rings (SSSR count). The number of hydrogen-bond donors (Lipinski definition) is 0. The van der Waals surface area contributed by atoms with Crippen LogP contribution in [0.1, 0.15) is 159 Å². The molecule has 0 unspecified atom stereocenters. The lowest BCUT2D eigenvalue weighted by Gasteiger charge is -2.13. The van der Waals surface area contributed by atoms with E-state index in [1.54, 1.807) is 109 Å². The highest BCUT2D eigenvalue weighted by Crippen LogP contribution is 2.26. The van der Waals surface area contributed by atoms with Crippen LogP contribution in [0.25, 0.3) is 0 Å². The molecule has 0 N–H and O–H groups in total. The lowest BCUT2D eigenvalue weighted by molar-refractivity contribution is 0.585. The maximum atomic E-state index is 4.31. The molecule has 0 radical (unpaired) electrons. The molecule has 0 spiro atoms. The van der Waals surface area contributed by atoms with Crippen LogP contribution in [0.2, 0.25) is 0 Å². The van der Waals surface area contributed by atoms with E-state index < -0.39 is 0 Å². The van der Waals surface area contributed by atoms with Crippen molar-refractivity contribution < 1.29 is 0 Å². The Morgan fingerprint density at radius 1 is 0.481 bits per heavy atom. The first-order valence-electron chi connectivity index (χ1n) is 25.2. The van der Waals surface area contributed by atoms with Gasteiger partial charge in [0, 0.05) is 129 Å². The fourth-order valence-corrected chi connectivity index (χ4v) is 11.1. The number of hydrogen-bond acceptors (Lipinski definition) is 22. The first-order valence-corrected chi connectivity index (χ1v) is 34.6. The van der Waals surface area contributed by atoms with Crippen molar-refractivity contribution >= 4 is 125 Å². The average molecular weight is 1270 g/mol. The highest BCUT2D eigenvalue weighted by Gasteiger charge is 2.16. The smallest absolute Gasteiger partial charge is 0.0981 e. The summed E-state index contributed by atoms with van der Waals surface area (Å²) in [6.07, 6.45) is 19.9. The van der Waals surface area contributed by atoms with Gasteiger partial charge in [0.05, 0.1) is 47.8 Å². The van der Waals surface area contributed by atoms with Crippen molar-refractivity contribution in [1.29, 1.82) is 0 Å². The molecule has 0 amide bonds. The molecule has 22 heteroatoms.